The van der Waals surface area contributed by atoms with Gasteiger partial charge in [-0.2, -0.15) is 0 Å². The standard InChI is InChI=1S/C12H13N3O4/c16-10(7-15-11(17)6-13-12(15)18)14-19-8-9-4-2-1-3-5-9/h1-5H,6-8H2,(H,13,18)(H,14,16). The highest BCUT2D eigenvalue weighted by Crippen LogP contribution is 2.00. The number of imide groups is 1. The molecule has 1 aromatic carbocycles. The summed E-state index contributed by atoms with van der Waals surface area (Å²) in [6.45, 7) is -0.205. The van der Waals surface area contributed by atoms with Crippen molar-refractivity contribution < 1.29 is 19.2 Å². The van der Waals surface area contributed by atoms with Crippen molar-refractivity contribution in [2.75, 3.05) is 13.1 Å². The zero-order chi connectivity index (χ0) is 13.7. The molecule has 7 nitrogen and oxygen atoms in total. The van der Waals surface area contributed by atoms with Gasteiger partial charge in [-0.3, -0.25) is 19.3 Å². The van der Waals surface area contributed by atoms with Gasteiger partial charge in [-0.15, -0.1) is 0 Å². The van der Waals surface area contributed by atoms with Crippen molar-refractivity contribution in [2.45, 2.75) is 6.61 Å². The van der Waals surface area contributed by atoms with Crippen molar-refractivity contribution in [3.63, 3.8) is 0 Å². The summed E-state index contributed by atoms with van der Waals surface area (Å²) in [5.74, 6) is -0.982. The van der Waals surface area contributed by atoms with Crippen molar-refractivity contribution in [2.24, 2.45) is 0 Å². The molecule has 19 heavy (non-hydrogen) atoms. The average Bonchev–Trinajstić information content (AvgIpc) is 2.72. The monoisotopic (exact) mass is 263 g/mol. The van der Waals surface area contributed by atoms with E-state index in [0.717, 1.165) is 10.5 Å². The van der Waals surface area contributed by atoms with Crippen LogP contribution in [0.5, 0.6) is 0 Å². The minimum Gasteiger partial charge on any atom is -0.329 e. The minimum absolute atomic E-state index is 0.0724. The number of nitrogens with one attached hydrogen (secondary N) is 2. The lowest BCUT2D eigenvalue weighted by atomic mass is 10.2. The van der Waals surface area contributed by atoms with Crippen LogP contribution in [-0.4, -0.2) is 35.8 Å². The van der Waals surface area contributed by atoms with Gasteiger partial charge in [-0.25, -0.2) is 10.3 Å². The summed E-state index contributed by atoms with van der Waals surface area (Å²) in [4.78, 5) is 39.7. The van der Waals surface area contributed by atoms with Gasteiger partial charge in [0.2, 0.25) is 0 Å². The van der Waals surface area contributed by atoms with Crippen LogP contribution >= 0.6 is 0 Å². The maximum absolute atomic E-state index is 11.5. The molecular weight excluding hydrogens is 250 g/mol. The highest BCUT2D eigenvalue weighted by molar-refractivity contribution is 6.04. The molecule has 0 saturated carbocycles. The van der Waals surface area contributed by atoms with Crippen LogP contribution < -0.4 is 10.8 Å². The van der Waals surface area contributed by atoms with Crippen molar-refractivity contribution in [3.8, 4) is 0 Å². The molecule has 2 N–H and O–H groups in total. The Labute approximate surface area is 109 Å². The maximum Gasteiger partial charge on any atom is 0.325 e. The Morgan fingerprint density at radius 3 is 2.68 bits per heavy atom. The lowest BCUT2D eigenvalue weighted by Crippen LogP contribution is -2.40. The SMILES string of the molecule is O=C(CN1C(=O)CNC1=O)NOCc1ccccc1. The number of benzene rings is 1. The van der Waals surface area contributed by atoms with Gasteiger partial charge in [0.15, 0.2) is 0 Å². The van der Waals surface area contributed by atoms with Crippen LogP contribution in [0.25, 0.3) is 0 Å². The smallest absolute Gasteiger partial charge is 0.325 e. The van der Waals surface area contributed by atoms with Gasteiger partial charge in [0, 0.05) is 0 Å². The Morgan fingerprint density at radius 1 is 1.32 bits per heavy atom. The Bertz CT molecular complexity index is 473. The molecule has 1 heterocycles. The van der Waals surface area contributed by atoms with Gasteiger partial charge >= 0.3 is 6.03 Å². The number of rotatable bonds is 5. The van der Waals surface area contributed by atoms with Crippen LogP contribution in [0.4, 0.5) is 4.79 Å². The van der Waals surface area contributed by atoms with Crippen LogP contribution in [0.2, 0.25) is 0 Å². The third-order valence-electron chi connectivity index (χ3n) is 2.51. The van der Waals surface area contributed by atoms with Crippen molar-refractivity contribution in [1.82, 2.24) is 15.7 Å². The highest BCUT2D eigenvalue weighted by Gasteiger charge is 2.30. The number of amides is 4. The van der Waals surface area contributed by atoms with Crippen molar-refractivity contribution in [1.29, 1.82) is 0 Å². The number of carbonyl (C=O) groups is 3. The van der Waals surface area contributed by atoms with E-state index in [4.69, 9.17) is 4.84 Å². The van der Waals surface area contributed by atoms with Crippen LogP contribution in [0.15, 0.2) is 30.3 Å². The summed E-state index contributed by atoms with van der Waals surface area (Å²) in [7, 11) is 0. The first-order valence-corrected chi connectivity index (χ1v) is 5.69. The first-order chi connectivity index (χ1) is 9.16. The second kappa shape index (κ2) is 5.96. The Morgan fingerprint density at radius 2 is 2.05 bits per heavy atom. The van der Waals surface area contributed by atoms with Crippen molar-refractivity contribution >= 4 is 17.8 Å². The molecular formula is C12H13N3O4. The fraction of sp³-hybridized carbons (Fsp3) is 0.250. The summed E-state index contributed by atoms with van der Waals surface area (Å²) in [6.07, 6.45) is 0. The zero-order valence-electron chi connectivity index (χ0n) is 10.1. The number of hydrogen-bond donors (Lipinski definition) is 2. The summed E-state index contributed by atoms with van der Waals surface area (Å²) in [5, 5.41) is 2.32. The Kier molecular flexibility index (Phi) is 4.09. The summed E-state index contributed by atoms with van der Waals surface area (Å²) < 4.78 is 0. The van der Waals surface area contributed by atoms with Crippen LogP contribution in [0, 0.1) is 0 Å². The fourth-order valence-corrected chi connectivity index (χ4v) is 1.57. The van der Waals surface area contributed by atoms with Gasteiger partial charge < -0.3 is 5.32 Å². The van der Waals surface area contributed by atoms with E-state index in [2.05, 4.69) is 10.8 Å². The largest absolute Gasteiger partial charge is 0.329 e. The van der Waals surface area contributed by atoms with Crippen LogP contribution in [0.3, 0.4) is 0 Å². The molecule has 100 valence electrons. The lowest BCUT2D eigenvalue weighted by Gasteiger charge is -2.12. The number of carbonyl (C=O) groups excluding carboxylic acids is 3. The van der Waals surface area contributed by atoms with Gasteiger partial charge in [0.1, 0.15) is 6.54 Å². The van der Waals surface area contributed by atoms with E-state index in [9.17, 15) is 14.4 Å². The van der Waals surface area contributed by atoms with E-state index in [0.29, 0.717) is 0 Å². The molecule has 1 aromatic rings. The predicted octanol–water partition coefficient (Wildman–Crippen LogP) is -0.214. The lowest BCUT2D eigenvalue weighted by molar-refractivity contribution is -0.138. The molecule has 0 aliphatic carbocycles. The third kappa shape index (κ3) is 3.52. The van der Waals surface area contributed by atoms with E-state index in [1.807, 2.05) is 30.3 Å². The molecule has 1 aliphatic rings. The number of nitrogens with zero attached hydrogens (tertiary/aromatic N) is 1. The van der Waals surface area contributed by atoms with Gasteiger partial charge in [-0.05, 0) is 5.56 Å². The van der Waals surface area contributed by atoms with E-state index < -0.39 is 17.8 Å². The third-order valence-corrected chi connectivity index (χ3v) is 2.51. The summed E-state index contributed by atoms with van der Waals surface area (Å²) >= 11 is 0. The number of urea groups is 1. The highest BCUT2D eigenvalue weighted by atomic mass is 16.6. The quantitative estimate of drug-likeness (QED) is 0.568. The predicted molar refractivity (Wildman–Crippen MR) is 64.5 cm³/mol. The molecule has 0 radical (unpaired) electrons. The van der Waals surface area contributed by atoms with E-state index in [-0.39, 0.29) is 19.7 Å². The number of hydroxylamine groups is 1. The molecule has 7 heteroatoms. The molecule has 0 unspecified atom stereocenters. The Balaban J connectivity index is 1.73. The van der Waals surface area contributed by atoms with Crippen LogP contribution in [0.1, 0.15) is 5.56 Å². The molecule has 1 aliphatic heterocycles. The van der Waals surface area contributed by atoms with E-state index in [1.54, 1.807) is 0 Å². The fourth-order valence-electron chi connectivity index (χ4n) is 1.57. The normalized spacial score (nSPS) is 14.4. The molecule has 2 rings (SSSR count). The zero-order valence-corrected chi connectivity index (χ0v) is 10.1. The van der Waals surface area contributed by atoms with Crippen molar-refractivity contribution in [3.05, 3.63) is 35.9 Å². The Hall–Kier alpha value is -2.41. The first-order valence-electron chi connectivity index (χ1n) is 5.69. The van der Waals surface area contributed by atoms with E-state index in [1.165, 1.54) is 0 Å². The molecule has 0 bridgehead atoms. The van der Waals surface area contributed by atoms with Gasteiger partial charge in [0.05, 0.1) is 13.2 Å². The maximum atomic E-state index is 11.5. The molecule has 1 fully saturated rings. The summed E-state index contributed by atoms with van der Waals surface area (Å²) in [6, 6.07) is 8.72. The second-order valence-electron chi connectivity index (χ2n) is 3.94. The molecule has 4 amide bonds. The molecule has 0 spiro atoms. The number of hydrogen-bond acceptors (Lipinski definition) is 4. The van der Waals surface area contributed by atoms with Gasteiger partial charge in [0.25, 0.3) is 11.8 Å². The summed E-state index contributed by atoms with van der Waals surface area (Å²) in [5.41, 5.74) is 3.09. The van der Waals surface area contributed by atoms with Crippen LogP contribution in [-0.2, 0) is 21.0 Å². The topological polar surface area (TPSA) is 87.7 Å². The minimum atomic E-state index is -0.566. The molecule has 0 aromatic heterocycles. The van der Waals surface area contributed by atoms with Gasteiger partial charge in [-0.1, -0.05) is 30.3 Å². The average molecular weight is 263 g/mol. The molecule has 0 atom stereocenters. The second-order valence-corrected chi connectivity index (χ2v) is 3.94. The molecule has 1 saturated heterocycles. The first kappa shape index (κ1) is 13.0. The van der Waals surface area contributed by atoms with E-state index >= 15 is 0 Å².